The maximum atomic E-state index is 11.7. The third-order valence-electron chi connectivity index (χ3n) is 3.24. The quantitative estimate of drug-likeness (QED) is 0.658. The van der Waals surface area contributed by atoms with Gasteiger partial charge in [-0.3, -0.25) is 4.79 Å². The van der Waals surface area contributed by atoms with Gasteiger partial charge in [0.25, 0.3) is 5.91 Å². The molecule has 0 aromatic heterocycles. The Kier molecular flexibility index (Phi) is 5.14. The van der Waals surface area contributed by atoms with E-state index in [-0.39, 0.29) is 18.3 Å². The van der Waals surface area contributed by atoms with Gasteiger partial charge in [0, 0.05) is 5.56 Å². The Labute approximate surface area is 129 Å². The van der Waals surface area contributed by atoms with Crippen LogP contribution >= 0.6 is 0 Å². The van der Waals surface area contributed by atoms with Gasteiger partial charge in [0.05, 0.1) is 6.21 Å². The molecule has 0 saturated carbocycles. The van der Waals surface area contributed by atoms with E-state index in [1.54, 1.807) is 24.3 Å². The van der Waals surface area contributed by atoms with Gasteiger partial charge in [0.1, 0.15) is 11.5 Å². The number of ether oxygens (including phenoxy) is 1. The Morgan fingerprint density at radius 2 is 2.00 bits per heavy atom. The molecule has 0 heterocycles. The molecule has 0 fully saturated rings. The van der Waals surface area contributed by atoms with E-state index < -0.39 is 0 Å². The van der Waals surface area contributed by atoms with Crippen LogP contribution in [0.25, 0.3) is 0 Å². The fraction of sp³-hybridized carbons (Fsp3) is 0.176. The van der Waals surface area contributed by atoms with E-state index in [1.807, 2.05) is 32.0 Å². The Morgan fingerprint density at radius 3 is 2.77 bits per heavy atom. The predicted molar refractivity (Wildman–Crippen MR) is 85.3 cm³/mol. The Bertz CT molecular complexity index is 696. The molecule has 1 amide bonds. The first-order chi connectivity index (χ1) is 10.6. The number of phenolic OH excluding ortho intramolecular Hbond substituents is 1. The molecular formula is C17H18N2O3. The van der Waals surface area contributed by atoms with Crippen LogP contribution in [0.15, 0.2) is 47.6 Å². The lowest BCUT2D eigenvalue weighted by molar-refractivity contribution is -0.123. The van der Waals surface area contributed by atoms with Gasteiger partial charge in [0.15, 0.2) is 6.61 Å². The van der Waals surface area contributed by atoms with Crippen molar-refractivity contribution in [3.05, 3.63) is 59.2 Å². The highest BCUT2D eigenvalue weighted by Crippen LogP contribution is 2.20. The van der Waals surface area contributed by atoms with Crippen molar-refractivity contribution in [3.63, 3.8) is 0 Å². The molecule has 0 radical (unpaired) electrons. The van der Waals surface area contributed by atoms with Crippen LogP contribution < -0.4 is 10.2 Å². The number of hydrogen-bond acceptors (Lipinski definition) is 4. The van der Waals surface area contributed by atoms with Crippen LogP contribution in [0.4, 0.5) is 0 Å². The maximum Gasteiger partial charge on any atom is 0.277 e. The SMILES string of the molecule is Cc1cccc(OCC(=O)N/N=C/c2ccccc2O)c1C. The zero-order chi connectivity index (χ0) is 15.9. The smallest absolute Gasteiger partial charge is 0.277 e. The van der Waals surface area contributed by atoms with E-state index in [0.717, 1.165) is 11.1 Å². The van der Waals surface area contributed by atoms with Gasteiger partial charge < -0.3 is 9.84 Å². The minimum Gasteiger partial charge on any atom is -0.507 e. The number of nitrogens with one attached hydrogen (secondary N) is 1. The zero-order valence-electron chi connectivity index (χ0n) is 12.5. The number of benzene rings is 2. The van der Waals surface area contributed by atoms with Crippen LogP contribution in [-0.4, -0.2) is 23.8 Å². The minimum absolute atomic E-state index is 0.104. The first kappa shape index (κ1) is 15.6. The topological polar surface area (TPSA) is 70.9 Å². The largest absolute Gasteiger partial charge is 0.507 e. The van der Waals surface area contributed by atoms with Crippen molar-refractivity contribution in [2.24, 2.45) is 5.10 Å². The van der Waals surface area contributed by atoms with Gasteiger partial charge in [-0.2, -0.15) is 5.10 Å². The first-order valence-electron chi connectivity index (χ1n) is 6.87. The van der Waals surface area contributed by atoms with Crippen LogP contribution in [0.3, 0.4) is 0 Å². The lowest BCUT2D eigenvalue weighted by Gasteiger charge is -2.09. The summed E-state index contributed by atoms with van der Waals surface area (Å²) in [6.07, 6.45) is 1.38. The Balaban J connectivity index is 1.86. The number of aromatic hydroxyl groups is 1. The molecule has 22 heavy (non-hydrogen) atoms. The van der Waals surface area contributed by atoms with E-state index in [0.29, 0.717) is 11.3 Å². The molecule has 2 N–H and O–H groups in total. The number of amides is 1. The highest BCUT2D eigenvalue weighted by Gasteiger charge is 2.05. The average Bonchev–Trinajstić information content (AvgIpc) is 2.51. The predicted octanol–water partition coefficient (Wildman–Crippen LogP) is 2.54. The van der Waals surface area contributed by atoms with Crippen molar-refractivity contribution < 1.29 is 14.6 Å². The van der Waals surface area contributed by atoms with Gasteiger partial charge in [-0.15, -0.1) is 0 Å². The molecule has 2 rings (SSSR count). The second kappa shape index (κ2) is 7.26. The lowest BCUT2D eigenvalue weighted by Crippen LogP contribution is -2.24. The molecule has 2 aromatic carbocycles. The number of nitrogens with zero attached hydrogens (tertiary/aromatic N) is 1. The van der Waals surface area contributed by atoms with Crippen LogP contribution in [-0.2, 0) is 4.79 Å². The van der Waals surface area contributed by atoms with Gasteiger partial charge in [0.2, 0.25) is 0 Å². The number of para-hydroxylation sites is 1. The molecule has 0 unspecified atom stereocenters. The monoisotopic (exact) mass is 298 g/mol. The summed E-state index contributed by atoms with van der Waals surface area (Å²) < 4.78 is 5.47. The molecule has 0 aliphatic rings. The van der Waals surface area contributed by atoms with E-state index in [2.05, 4.69) is 10.5 Å². The Hall–Kier alpha value is -2.82. The van der Waals surface area contributed by atoms with Crippen molar-refractivity contribution in [2.75, 3.05) is 6.61 Å². The van der Waals surface area contributed by atoms with E-state index in [1.165, 1.54) is 6.21 Å². The van der Waals surface area contributed by atoms with Crippen LogP contribution in [0, 0.1) is 13.8 Å². The van der Waals surface area contributed by atoms with Gasteiger partial charge in [-0.25, -0.2) is 5.43 Å². The summed E-state index contributed by atoms with van der Waals surface area (Å²) in [7, 11) is 0. The lowest BCUT2D eigenvalue weighted by atomic mass is 10.1. The number of hydrogen-bond donors (Lipinski definition) is 2. The molecule has 2 aromatic rings. The van der Waals surface area contributed by atoms with Crippen molar-refractivity contribution in [2.45, 2.75) is 13.8 Å². The summed E-state index contributed by atoms with van der Waals surface area (Å²) in [5, 5.41) is 13.3. The van der Waals surface area contributed by atoms with Crippen LogP contribution in [0.5, 0.6) is 11.5 Å². The minimum atomic E-state index is -0.368. The summed E-state index contributed by atoms with van der Waals surface area (Å²) >= 11 is 0. The number of phenols is 1. The number of carbonyl (C=O) groups is 1. The highest BCUT2D eigenvalue weighted by atomic mass is 16.5. The normalized spacial score (nSPS) is 10.6. The van der Waals surface area contributed by atoms with E-state index in [9.17, 15) is 9.90 Å². The zero-order valence-corrected chi connectivity index (χ0v) is 12.5. The Morgan fingerprint density at radius 1 is 1.23 bits per heavy atom. The van der Waals surface area contributed by atoms with Crippen molar-refractivity contribution in [1.82, 2.24) is 5.43 Å². The number of aryl methyl sites for hydroxylation is 1. The highest BCUT2D eigenvalue weighted by molar-refractivity contribution is 5.85. The van der Waals surface area contributed by atoms with Gasteiger partial charge >= 0.3 is 0 Å². The van der Waals surface area contributed by atoms with Crippen LogP contribution in [0.1, 0.15) is 16.7 Å². The fourth-order valence-corrected chi connectivity index (χ4v) is 1.83. The van der Waals surface area contributed by atoms with Crippen molar-refractivity contribution in [1.29, 1.82) is 0 Å². The van der Waals surface area contributed by atoms with E-state index >= 15 is 0 Å². The summed E-state index contributed by atoms with van der Waals surface area (Å²) in [6, 6.07) is 12.4. The molecule has 5 nitrogen and oxygen atoms in total. The summed E-state index contributed by atoms with van der Waals surface area (Å²) in [4.78, 5) is 11.7. The maximum absolute atomic E-state index is 11.7. The molecule has 0 atom stereocenters. The van der Waals surface area contributed by atoms with Gasteiger partial charge in [-0.1, -0.05) is 24.3 Å². The molecule has 0 saturated heterocycles. The second-order valence-corrected chi connectivity index (χ2v) is 4.84. The molecular weight excluding hydrogens is 280 g/mol. The number of carbonyl (C=O) groups excluding carboxylic acids is 1. The van der Waals surface area contributed by atoms with Gasteiger partial charge in [-0.05, 0) is 43.2 Å². The first-order valence-corrected chi connectivity index (χ1v) is 6.87. The second-order valence-electron chi connectivity index (χ2n) is 4.84. The standard InChI is InChI=1S/C17H18N2O3/c1-12-6-5-9-16(13(12)2)22-11-17(21)19-18-10-14-7-3-4-8-15(14)20/h3-10,20H,11H2,1-2H3,(H,19,21)/b18-10+. The molecule has 114 valence electrons. The fourth-order valence-electron chi connectivity index (χ4n) is 1.83. The molecule has 0 aliphatic heterocycles. The summed E-state index contributed by atoms with van der Waals surface area (Å²) in [5.74, 6) is 0.416. The molecule has 5 heteroatoms. The number of rotatable bonds is 5. The molecule has 0 spiro atoms. The third-order valence-corrected chi connectivity index (χ3v) is 3.24. The summed E-state index contributed by atoms with van der Waals surface area (Å²) in [5.41, 5.74) is 5.00. The van der Waals surface area contributed by atoms with Crippen LogP contribution in [0.2, 0.25) is 0 Å². The van der Waals surface area contributed by atoms with Crippen molar-refractivity contribution >= 4 is 12.1 Å². The average molecular weight is 298 g/mol. The third kappa shape index (κ3) is 4.09. The van der Waals surface area contributed by atoms with E-state index in [4.69, 9.17) is 4.74 Å². The molecule has 0 bridgehead atoms. The summed E-state index contributed by atoms with van der Waals surface area (Å²) in [6.45, 7) is 3.81. The molecule has 0 aliphatic carbocycles. The van der Waals surface area contributed by atoms with Crippen molar-refractivity contribution in [3.8, 4) is 11.5 Å². The number of hydrazone groups is 1.